The second-order valence-electron chi connectivity index (χ2n) is 6.58. The summed E-state index contributed by atoms with van der Waals surface area (Å²) in [5.41, 5.74) is 0. The van der Waals surface area contributed by atoms with Gasteiger partial charge in [-0.15, -0.1) is 0 Å². The van der Waals surface area contributed by atoms with E-state index in [2.05, 4.69) is 21.3 Å². The van der Waals surface area contributed by atoms with Gasteiger partial charge in [0, 0.05) is 24.6 Å². The monoisotopic (exact) mass is 469 g/mol. The van der Waals surface area contributed by atoms with E-state index in [1.165, 1.54) is 0 Å². The summed E-state index contributed by atoms with van der Waals surface area (Å²) in [5.74, 6) is 7.28. The highest BCUT2D eigenvalue weighted by atomic mass is 32.2. The molecular weight excluding hydrogens is 438 g/mol. The van der Waals surface area contributed by atoms with Crippen LogP contribution in [0.15, 0.2) is 45.1 Å². The molecule has 2 aromatic rings. The van der Waals surface area contributed by atoms with Gasteiger partial charge in [-0.1, -0.05) is 0 Å². The van der Waals surface area contributed by atoms with Gasteiger partial charge in [-0.05, 0) is 38.4 Å². The van der Waals surface area contributed by atoms with E-state index >= 15 is 0 Å². The molecule has 0 aliphatic carbocycles. The Hall–Kier alpha value is -2.08. The number of rotatable bonds is 17. The first-order valence-corrected chi connectivity index (χ1v) is 12.3. The Labute approximate surface area is 191 Å². The van der Waals surface area contributed by atoms with Crippen molar-refractivity contribution in [2.75, 3.05) is 38.7 Å². The van der Waals surface area contributed by atoms with Crippen molar-refractivity contribution >= 4 is 23.5 Å². The van der Waals surface area contributed by atoms with E-state index in [-0.39, 0.29) is 0 Å². The molecular formula is C20H31N5O4S2. The minimum absolute atomic E-state index is 0.426. The van der Waals surface area contributed by atoms with Crippen LogP contribution in [-0.4, -0.2) is 43.6 Å². The molecule has 0 saturated heterocycles. The van der Waals surface area contributed by atoms with Crippen molar-refractivity contribution in [3.05, 3.63) is 69.4 Å². The molecule has 0 bridgehead atoms. The number of thioether (sulfide) groups is 2. The smallest absolute Gasteiger partial charge is 0.274 e. The van der Waals surface area contributed by atoms with Crippen molar-refractivity contribution < 1.29 is 13.8 Å². The summed E-state index contributed by atoms with van der Waals surface area (Å²) in [7, 11) is 3.76. The number of nitrogens with one attached hydrogen (secondary N) is 4. The summed E-state index contributed by atoms with van der Waals surface area (Å²) in [6, 6.07) is 7.90. The maximum atomic E-state index is 10.9. The van der Waals surface area contributed by atoms with Crippen molar-refractivity contribution in [2.45, 2.75) is 24.6 Å². The van der Waals surface area contributed by atoms with Crippen LogP contribution in [0, 0.1) is 10.1 Å². The predicted molar refractivity (Wildman–Crippen MR) is 126 cm³/mol. The van der Waals surface area contributed by atoms with Gasteiger partial charge in [-0.3, -0.25) is 10.1 Å². The number of hydrogen-bond acceptors (Lipinski definition) is 10. The summed E-state index contributed by atoms with van der Waals surface area (Å²) >= 11 is 3.43. The SMILES string of the molecule is CNCc1ccc(CSCCNC(=C[N+](=O)[O-])NCCSCc2ccc(CNC)o2)o1. The third-order valence-electron chi connectivity index (χ3n) is 3.98. The highest BCUT2D eigenvalue weighted by molar-refractivity contribution is 7.98. The zero-order chi connectivity index (χ0) is 22.3. The number of furan rings is 2. The average molecular weight is 470 g/mol. The fourth-order valence-corrected chi connectivity index (χ4v) is 4.15. The molecule has 0 unspecified atom stereocenters. The Morgan fingerprint density at radius 1 is 0.903 bits per heavy atom. The van der Waals surface area contributed by atoms with Crippen LogP contribution in [-0.2, 0) is 24.6 Å². The van der Waals surface area contributed by atoms with E-state index in [0.29, 0.717) is 32.0 Å². The summed E-state index contributed by atoms with van der Waals surface area (Å²) in [4.78, 5) is 10.4. The second kappa shape index (κ2) is 14.8. The maximum Gasteiger partial charge on any atom is 0.274 e. The fourth-order valence-electron chi connectivity index (χ4n) is 2.66. The van der Waals surface area contributed by atoms with Gasteiger partial charge >= 0.3 is 0 Å². The highest BCUT2D eigenvalue weighted by Gasteiger charge is 2.05. The molecule has 0 atom stereocenters. The van der Waals surface area contributed by atoms with Crippen molar-refractivity contribution in [1.29, 1.82) is 0 Å². The van der Waals surface area contributed by atoms with Gasteiger partial charge in [0.1, 0.15) is 23.0 Å². The Morgan fingerprint density at radius 3 is 1.77 bits per heavy atom. The third kappa shape index (κ3) is 10.7. The van der Waals surface area contributed by atoms with Crippen LogP contribution in [0.3, 0.4) is 0 Å². The highest BCUT2D eigenvalue weighted by Crippen LogP contribution is 2.16. The lowest BCUT2D eigenvalue weighted by Crippen LogP contribution is -2.30. The average Bonchev–Trinajstić information content (AvgIpc) is 3.37. The van der Waals surface area contributed by atoms with Crippen LogP contribution in [0.25, 0.3) is 0 Å². The Kier molecular flexibility index (Phi) is 12.1. The second-order valence-corrected chi connectivity index (χ2v) is 8.79. The first kappa shape index (κ1) is 25.2. The van der Waals surface area contributed by atoms with Gasteiger partial charge in [0.05, 0.1) is 29.5 Å². The molecule has 0 aromatic carbocycles. The third-order valence-corrected chi connectivity index (χ3v) is 5.95. The molecule has 0 aliphatic rings. The molecule has 0 spiro atoms. The Bertz CT molecular complexity index is 753. The molecule has 2 rings (SSSR count). The summed E-state index contributed by atoms with van der Waals surface area (Å²) in [5, 5.41) is 23.2. The number of nitro groups is 1. The van der Waals surface area contributed by atoms with Crippen LogP contribution in [0.5, 0.6) is 0 Å². The van der Waals surface area contributed by atoms with Gasteiger partial charge in [0.2, 0.25) is 0 Å². The van der Waals surface area contributed by atoms with Gasteiger partial charge in [0.25, 0.3) is 6.20 Å². The number of nitrogens with zero attached hydrogens (tertiary/aromatic N) is 1. The zero-order valence-electron chi connectivity index (χ0n) is 17.9. The van der Waals surface area contributed by atoms with Crippen LogP contribution in [0.4, 0.5) is 0 Å². The van der Waals surface area contributed by atoms with E-state index in [0.717, 1.165) is 52.3 Å². The lowest BCUT2D eigenvalue weighted by molar-refractivity contribution is -0.404. The molecule has 2 aromatic heterocycles. The fraction of sp³-hybridized carbons (Fsp3) is 0.500. The van der Waals surface area contributed by atoms with Crippen LogP contribution in [0.1, 0.15) is 23.0 Å². The normalized spacial score (nSPS) is 10.8. The van der Waals surface area contributed by atoms with E-state index < -0.39 is 4.92 Å². The molecule has 11 heteroatoms. The first-order chi connectivity index (χ1) is 15.1. The molecule has 2 heterocycles. The summed E-state index contributed by atoms with van der Waals surface area (Å²) in [6.07, 6.45) is 0.975. The summed E-state index contributed by atoms with van der Waals surface area (Å²) < 4.78 is 11.4. The van der Waals surface area contributed by atoms with E-state index in [1.807, 2.05) is 38.4 Å². The maximum absolute atomic E-state index is 10.9. The predicted octanol–water partition coefficient (Wildman–Crippen LogP) is 2.73. The molecule has 0 amide bonds. The van der Waals surface area contributed by atoms with Gasteiger partial charge in [-0.25, -0.2) is 0 Å². The largest absolute Gasteiger partial charge is 0.464 e. The topological polar surface area (TPSA) is 118 Å². The van der Waals surface area contributed by atoms with Gasteiger partial charge in [0.15, 0.2) is 5.82 Å². The molecule has 172 valence electrons. The van der Waals surface area contributed by atoms with Crippen LogP contribution >= 0.6 is 23.5 Å². The molecule has 0 aliphatic heterocycles. The quantitative estimate of drug-likeness (QED) is 0.156. The molecule has 0 radical (unpaired) electrons. The van der Waals surface area contributed by atoms with E-state index in [4.69, 9.17) is 8.83 Å². The number of hydrogen-bond donors (Lipinski definition) is 4. The first-order valence-electron chi connectivity index (χ1n) is 10.0. The Morgan fingerprint density at radius 2 is 1.35 bits per heavy atom. The molecule has 9 nitrogen and oxygen atoms in total. The minimum atomic E-state index is -0.450. The molecule has 4 N–H and O–H groups in total. The lowest BCUT2D eigenvalue weighted by atomic mass is 10.4. The van der Waals surface area contributed by atoms with E-state index in [1.54, 1.807) is 23.5 Å². The minimum Gasteiger partial charge on any atom is -0.464 e. The zero-order valence-corrected chi connectivity index (χ0v) is 19.6. The Balaban J connectivity index is 1.60. The standard InChI is InChI=1S/C20H31N5O4S2/c1-21-11-16-3-5-18(28-16)14-30-9-7-23-20(13-25(26)27)24-8-10-31-15-19-6-4-17(29-19)12-22-2/h3-6,13,21-24H,7-12,14-15H2,1-2H3. The van der Waals surface area contributed by atoms with Gasteiger partial charge in [-0.2, -0.15) is 23.5 Å². The van der Waals surface area contributed by atoms with Crippen molar-refractivity contribution in [1.82, 2.24) is 21.3 Å². The van der Waals surface area contributed by atoms with Crippen LogP contribution < -0.4 is 21.3 Å². The van der Waals surface area contributed by atoms with Crippen molar-refractivity contribution in [3.63, 3.8) is 0 Å². The van der Waals surface area contributed by atoms with Crippen LogP contribution in [0.2, 0.25) is 0 Å². The molecule has 0 fully saturated rings. The molecule has 31 heavy (non-hydrogen) atoms. The van der Waals surface area contributed by atoms with Gasteiger partial charge < -0.3 is 30.1 Å². The summed E-state index contributed by atoms with van der Waals surface area (Å²) in [6.45, 7) is 2.67. The molecule has 0 saturated carbocycles. The lowest BCUT2D eigenvalue weighted by Gasteiger charge is -2.11. The van der Waals surface area contributed by atoms with Crippen molar-refractivity contribution in [2.24, 2.45) is 0 Å². The van der Waals surface area contributed by atoms with Crippen molar-refractivity contribution in [3.8, 4) is 0 Å². The van der Waals surface area contributed by atoms with E-state index in [9.17, 15) is 10.1 Å².